The molecule has 5 aliphatic heterocycles. The summed E-state index contributed by atoms with van der Waals surface area (Å²) in [5.74, 6) is -7.69. The Kier molecular flexibility index (Phi) is 23.1. The van der Waals surface area contributed by atoms with E-state index in [2.05, 4.69) is 0 Å². The van der Waals surface area contributed by atoms with Gasteiger partial charge in [-0.05, 0) is 47.5 Å². The van der Waals surface area contributed by atoms with E-state index in [4.69, 9.17) is 47.4 Å². The van der Waals surface area contributed by atoms with E-state index in [0.29, 0.717) is 12.8 Å². The van der Waals surface area contributed by atoms with Crippen molar-refractivity contribution in [3.05, 3.63) is 48.1 Å². The molecule has 430 valence electrons. The van der Waals surface area contributed by atoms with E-state index >= 15 is 0 Å². The molecule has 6 N–H and O–H groups in total. The van der Waals surface area contributed by atoms with Crippen LogP contribution in [-0.4, -0.2) is 166 Å². The highest BCUT2D eigenvalue weighted by molar-refractivity contribution is 5.88. The lowest BCUT2D eigenvalue weighted by atomic mass is 9.76. The highest BCUT2D eigenvalue weighted by Crippen LogP contribution is 2.47. The second kappa shape index (κ2) is 27.5. The second-order valence-electron chi connectivity index (χ2n) is 22.5. The van der Waals surface area contributed by atoms with Gasteiger partial charge in [0, 0.05) is 98.9 Å². The predicted molar refractivity (Wildman–Crippen MR) is 277 cm³/mol. The zero-order valence-electron chi connectivity index (χ0n) is 47.2. The van der Waals surface area contributed by atoms with Crippen molar-refractivity contribution in [1.82, 2.24) is 0 Å². The van der Waals surface area contributed by atoms with Crippen molar-refractivity contribution < 1.29 is 87.6 Å². The second-order valence-corrected chi connectivity index (χ2v) is 22.5. The third-order valence-corrected chi connectivity index (χ3v) is 17.4. The average Bonchev–Trinajstić information content (AvgIpc) is 3.37. The molecule has 0 aromatic rings. The van der Waals surface area contributed by atoms with Crippen LogP contribution < -0.4 is 0 Å². The number of carbonyl (C=O) groups excluding carboxylic acids is 2. The van der Waals surface area contributed by atoms with Crippen molar-refractivity contribution in [2.75, 3.05) is 14.2 Å². The van der Waals surface area contributed by atoms with Crippen LogP contribution in [0.5, 0.6) is 0 Å². The molecule has 4 saturated heterocycles. The molecule has 0 saturated carbocycles. The number of carbonyl (C=O) groups is 2. The van der Waals surface area contributed by atoms with Gasteiger partial charge in [0.05, 0.1) is 61.0 Å². The first kappa shape index (κ1) is 63.2. The summed E-state index contributed by atoms with van der Waals surface area (Å²) in [6.45, 7) is 23.9. The van der Waals surface area contributed by atoms with E-state index in [1.165, 1.54) is 26.4 Å². The average molecular weight is 1070 g/mol. The molecular formula is C57H94O18. The van der Waals surface area contributed by atoms with Crippen LogP contribution in [0.15, 0.2) is 48.1 Å². The van der Waals surface area contributed by atoms with Gasteiger partial charge in [-0.2, -0.15) is 0 Å². The highest BCUT2D eigenvalue weighted by Gasteiger charge is 2.55. The van der Waals surface area contributed by atoms with Gasteiger partial charge in [0.1, 0.15) is 24.4 Å². The number of ether oxygens (including phenoxy) is 10. The molecule has 0 amide bonds. The van der Waals surface area contributed by atoms with Gasteiger partial charge in [0.2, 0.25) is 0 Å². The van der Waals surface area contributed by atoms with Crippen LogP contribution >= 0.6 is 0 Å². The summed E-state index contributed by atoms with van der Waals surface area (Å²) in [6, 6.07) is 0. The Bertz CT molecular complexity index is 1920. The van der Waals surface area contributed by atoms with Crippen LogP contribution in [0.3, 0.4) is 0 Å². The van der Waals surface area contributed by atoms with Crippen molar-refractivity contribution in [1.29, 1.82) is 0 Å². The first-order valence-corrected chi connectivity index (χ1v) is 27.6. The molecule has 0 bridgehead atoms. The van der Waals surface area contributed by atoms with Gasteiger partial charge in [-0.15, -0.1) is 0 Å². The van der Waals surface area contributed by atoms with Gasteiger partial charge in [0.25, 0.3) is 0 Å². The maximum Gasteiger partial charge on any atom is 0.334 e. The molecule has 26 atom stereocenters. The number of cyclic esters (lactones) is 2. The molecule has 75 heavy (non-hydrogen) atoms. The van der Waals surface area contributed by atoms with E-state index in [0.717, 1.165) is 0 Å². The molecule has 0 radical (unpaired) electrons. The minimum atomic E-state index is -1.33. The molecule has 1 unspecified atom stereocenters. The Labute approximate surface area is 446 Å². The fourth-order valence-corrected chi connectivity index (χ4v) is 12.3. The van der Waals surface area contributed by atoms with E-state index in [-0.39, 0.29) is 55.3 Å². The summed E-state index contributed by atoms with van der Waals surface area (Å²) in [5, 5.41) is 66.2. The molecular weight excluding hydrogens is 973 g/mol. The Morgan fingerprint density at radius 3 is 1.44 bits per heavy atom. The third kappa shape index (κ3) is 14.8. The molecule has 0 aliphatic carbocycles. The minimum Gasteiger partial charge on any atom is -0.458 e. The van der Waals surface area contributed by atoms with E-state index < -0.39 is 145 Å². The largest absolute Gasteiger partial charge is 0.458 e. The van der Waals surface area contributed by atoms with Gasteiger partial charge >= 0.3 is 11.9 Å². The Balaban J connectivity index is 1.33. The van der Waals surface area contributed by atoms with E-state index in [9.17, 15) is 40.2 Å². The fourth-order valence-electron chi connectivity index (χ4n) is 12.3. The maximum atomic E-state index is 14.0. The van der Waals surface area contributed by atoms with Crippen LogP contribution in [0, 0.1) is 47.3 Å². The number of hydrogen-bond acceptors (Lipinski definition) is 18. The van der Waals surface area contributed by atoms with Gasteiger partial charge in [-0.3, -0.25) is 0 Å². The first-order valence-electron chi connectivity index (χ1n) is 27.6. The van der Waals surface area contributed by atoms with Crippen LogP contribution in [0.2, 0.25) is 0 Å². The molecule has 4 fully saturated rings. The molecule has 5 heterocycles. The van der Waals surface area contributed by atoms with Crippen molar-refractivity contribution in [3.63, 3.8) is 0 Å². The summed E-state index contributed by atoms with van der Waals surface area (Å²) in [4.78, 5) is 27.7. The third-order valence-electron chi connectivity index (χ3n) is 17.4. The Morgan fingerprint density at radius 1 is 0.627 bits per heavy atom. The fraction of sp³-hybridized carbons (Fsp3) is 0.825. The number of hydrogen-bond donors (Lipinski definition) is 6. The molecule has 18 heteroatoms. The highest BCUT2D eigenvalue weighted by atomic mass is 16.7. The molecule has 18 nitrogen and oxygen atoms in total. The smallest absolute Gasteiger partial charge is 0.334 e. The minimum absolute atomic E-state index is 0.0698. The van der Waals surface area contributed by atoms with Gasteiger partial charge in [-0.25, -0.2) is 9.59 Å². The molecule has 5 aliphatic rings. The number of aliphatic hydroxyl groups is 6. The zero-order chi connectivity index (χ0) is 55.9. The number of aliphatic hydroxyl groups excluding tert-OH is 6. The van der Waals surface area contributed by atoms with Crippen LogP contribution in [0.25, 0.3) is 0 Å². The molecule has 0 spiro atoms. The summed E-state index contributed by atoms with van der Waals surface area (Å²) >= 11 is 0. The molecule has 0 aromatic heterocycles. The number of methoxy groups -OCH3 is 2. The first-order chi connectivity index (χ1) is 35.3. The number of rotatable bonds is 16. The van der Waals surface area contributed by atoms with Crippen molar-refractivity contribution >= 4 is 11.9 Å². The van der Waals surface area contributed by atoms with Gasteiger partial charge in [-0.1, -0.05) is 91.8 Å². The lowest BCUT2D eigenvalue weighted by Gasteiger charge is -2.52. The maximum absolute atomic E-state index is 14.0. The summed E-state index contributed by atoms with van der Waals surface area (Å²) in [5.41, 5.74) is 0.281. The van der Waals surface area contributed by atoms with Crippen LogP contribution in [0.4, 0.5) is 0 Å². The zero-order valence-corrected chi connectivity index (χ0v) is 47.2. The summed E-state index contributed by atoms with van der Waals surface area (Å²) < 4.78 is 63.1. The van der Waals surface area contributed by atoms with Gasteiger partial charge in [0.15, 0.2) is 24.2 Å². The summed E-state index contributed by atoms with van der Waals surface area (Å²) in [7, 11) is 3.05. The van der Waals surface area contributed by atoms with Crippen molar-refractivity contribution in [2.24, 2.45) is 47.3 Å². The summed E-state index contributed by atoms with van der Waals surface area (Å²) in [6.07, 6.45) is 0.922. The standard InChI is InChI=1S/C57H94O18/c1-16-40-36(10)74-56(66-14,27-44(40)70-47-25-42(58)51(63)38(12)68-47)34(8)49(61)32(6)53-30(4)22-20-23-31(5)55(65)73-54(29(3)21-18-19-24-46(60)72-53)33(7)50(62)35(9)57(67-15)28-45(41(17-2)37(11)75-57)71-48-26-43(59)52(64)39(13)69-48/h18-24,29-30,32-45,47-54,58-59,61-64H,16-17,25-28H2,1-15H3/b21-18+,22-20+,24-19+,31-23-/t29-,30+,32-,33-,34-,35-,36+,37+,38-,39-,40+,41+,42-,43-,44+,45+,47-,48?,49+,50+,51+,52+,53-,54-,56+,57+/m0/s1. The monoisotopic (exact) mass is 1070 g/mol. The van der Waals surface area contributed by atoms with E-state index in [1.807, 2.05) is 62.3 Å². The Morgan fingerprint density at radius 2 is 1.04 bits per heavy atom. The topological polar surface area (TPSA) is 248 Å². The number of allylic oxidation sites excluding steroid dienone is 4. The van der Waals surface area contributed by atoms with Gasteiger partial charge < -0.3 is 78.0 Å². The van der Waals surface area contributed by atoms with Crippen LogP contribution in [0.1, 0.15) is 129 Å². The van der Waals surface area contributed by atoms with E-state index in [1.54, 1.807) is 58.1 Å². The molecule has 0 aromatic carbocycles. The predicted octanol–water partition coefficient (Wildman–Crippen LogP) is 5.82. The molecule has 5 rings (SSSR count). The van der Waals surface area contributed by atoms with Crippen molar-refractivity contribution in [2.45, 2.75) is 238 Å². The van der Waals surface area contributed by atoms with Crippen molar-refractivity contribution in [3.8, 4) is 0 Å². The van der Waals surface area contributed by atoms with Crippen LogP contribution in [-0.2, 0) is 57.0 Å². The number of esters is 2. The lowest BCUT2D eigenvalue weighted by Crippen LogP contribution is -2.60. The quantitative estimate of drug-likeness (QED) is 0.0998. The SMILES string of the molecule is CC[C@@H]1[C@@H](C)O[C@@](OC)([C@@H](C)[C@H](O)[C@H](C)[C@H]2OC(=O)/C(C)=C\C=C\[C@@H](C)[C@@H]([C@@H](C)[C@@H](O)[C@H](C)[C@@]3(OC)C[C@@H](O[C@H]4C[C@H](O)[C@H](O)[C@H](C)O4)[C@H](CC)[C@@H](C)O3)OC(=O)/C=C/C=C/[C@@H]2C)C[C@H]1OC1C[C@H](O)[C@H](O)[C@H](C)O1. The Hall–Kier alpha value is -2.66. The lowest BCUT2D eigenvalue weighted by molar-refractivity contribution is -0.352. The normalized spacial score (nSPS) is 45.1.